The van der Waals surface area contributed by atoms with Crippen LogP contribution in [0.3, 0.4) is 0 Å². The molecule has 1 heterocycles. The summed E-state index contributed by atoms with van der Waals surface area (Å²) in [7, 11) is 0. The molecule has 0 saturated carbocycles. The van der Waals surface area contributed by atoms with Crippen LogP contribution in [0.2, 0.25) is 0 Å². The van der Waals surface area contributed by atoms with Crippen molar-refractivity contribution < 1.29 is 13.7 Å². The third kappa shape index (κ3) is 3.27. The monoisotopic (exact) mass is 264 g/mol. The highest BCUT2D eigenvalue weighted by atomic mass is 19.1. The van der Waals surface area contributed by atoms with Gasteiger partial charge in [-0.25, -0.2) is 4.39 Å². The largest absolute Gasteiger partial charge is 0.398 e. The number of benzene rings is 1. The van der Waals surface area contributed by atoms with Crippen molar-refractivity contribution in [3.63, 3.8) is 0 Å². The van der Waals surface area contributed by atoms with Gasteiger partial charge in [-0.3, -0.25) is 4.79 Å². The molecule has 6 nitrogen and oxygen atoms in total. The number of rotatable bonds is 4. The third-order valence-corrected chi connectivity index (χ3v) is 2.45. The van der Waals surface area contributed by atoms with E-state index in [1.54, 1.807) is 6.92 Å². The molecule has 7 heteroatoms. The second-order valence-electron chi connectivity index (χ2n) is 3.97. The molecule has 2 rings (SSSR count). The second kappa shape index (κ2) is 5.47. The summed E-state index contributed by atoms with van der Waals surface area (Å²) in [5.41, 5.74) is 5.95. The molecule has 0 radical (unpaired) electrons. The summed E-state index contributed by atoms with van der Waals surface area (Å²) in [6, 6.07) is 3.65. The maximum Gasteiger partial charge on any atom is 0.253 e. The Morgan fingerprint density at radius 3 is 3.00 bits per heavy atom. The van der Waals surface area contributed by atoms with Gasteiger partial charge in [0.15, 0.2) is 5.82 Å². The Hall–Kier alpha value is -2.44. The highest BCUT2D eigenvalue weighted by Crippen LogP contribution is 2.12. The first-order chi connectivity index (χ1) is 9.06. The molecule has 0 aliphatic carbocycles. The van der Waals surface area contributed by atoms with E-state index in [0.29, 0.717) is 24.7 Å². The molecule has 0 fully saturated rings. The summed E-state index contributed by atoms with van der Waals surface area (Å²) < 4.78 is 17.9. The van der Waals surface area contributed by atoms with Gasteiger partial charge < -0.3 is 15.6 Å². The van der Waals surface area contributed by atoms with Gasteiger partial charge >= 0.3 is 0 Å². The van der Waals surface area contributed by atoms with E-state index in [1.807, 2.05) is 0 Å². The second-order valence-corrected chi connectivity index (χ2v) is 3.97. The fraction of sp³-hybridized carbons (Fsp3) is 0.250. The fourth-order valence-corrected chi connectivity index (χ4v) is 1.54. The Bertz CT molecular complexity index is 597. The number of nitrogens with two attached hydrogens (primary N) is 1. The van der Waals surface area contributed by atoms with Gasteiger partial charge in [0.1, 0.15) is 5.82 Å². The van der Waals surface area contributed by atoms with Gasteiger partial charge in [0.05, 0.1) is 5.56 Å². The number of nitrogens with zero attached hydrogens (tertiary/aromatic N) is 2. The van der Waals surface area contributed by atoms with E-state index in [9.17, 15) is 9.18 Å². The molecular formula is C12H13FN4O2. The van der Waals surface area contributed by atoms with Crippen molar-refractivity contribution in [1.82, 2.24) is 15.5 Å². The van der Waals surface area contributed by atoms with Crippen molar-refractivity contribution in [2.75, 3.05) is 12.3 Å². The topological polar surface area (TPSA) is 94.0 Å². The number of anilines is 1. The maximum atomic E-state index is 13.0. The summed E-state index contributed by atoms with van der Waals surface area (Å²) in [5.74, 6) is 0.0285. The number of hydrogen-bond donors (Lipinski definition) is 2. The van der Waals surface area contributed by atoms with Crippen molar-refractivity contribution in [2.24, 2.45) is 0 Å². The summed E-state index contributed by atoms with van der Waals surface area (Å²) in [6.07, 6.45) is 0.405. The van der Waals surface area contributed by atoms with E-state index in [-0.39, 0.29) is 11.3 Å². The lowest BCUT2D eigenvalue weighted by Gasteiger charge is -2.06. The lowest BCUT2D eigenvalue weighted by Crippen LogP contribution is -2.26. The quantitative estimate of drug-likeness (QED) is 0.805. The summed E-state index contributed by atoms with van der Waals surface area (Å²) in [5, 5.41) is 6.24. The van der Waals surface area contributed by atoms with Crippen LogP contribution in [0, 0.1) is 12.7 Å². The van der Waals surface area contributed by atoms with Crippen molar-refractivity contribution in [3.05, 3.63) is 41.3 Å². The average molecular weight is 264 g/mol. The van der Waals surface area contributed by atoms with Gasteiger partial charge in [-0.15, -0.1) is 0 Å². The van der Waals surface area contributed by atoms with Crippen LogP contribution in [0.15, 0.2) is 22.7 Å². The first-order valence-electron chi connectivity index (χ1n) is 5.68. The van der Waals surface area contributed by atoms with E-state index >= 15 is 0 Å². The molecule has 0 saturated heterocycles. The highest BCUT2D eigenvalue weighted by molar-refractivity contribution is 5.99. The minimum atomic E-state index is -0.508. The number of carbonyl (C=O) groups is 1. The molecule has 2 aromatic rings. The Kier molecular flexibility index (Phi) is 3.74. The van der Waals surface area contributed by atoms with Crippen LogP contribution in [-0.4, -0.2) is 22.6 Å². The zero-order valence-corrected chi connectivity index (χ0v) is 10.3. The van der Waals surface area contributed by atoms with Crippen LogP contribution < -0.4 is 11.1 Å². The molecule has 1 aromatic carbocycles. The van der Waals surface area contributed by atoms with Gasteiger partial charge in [-0.1, -0.05) is 5.16 Å². The fourth-order valence-electron chi connectivity index (χ4n) is 1.54. The number of carbonyl (C=O) groups excluding carboxylic acids is 1. The summed E-state index contributed by atoms with van der Waals surface area (Å²) in [4.78, 5) is 15.8. The van der Waals surface area contributed by atoms with Gasteiger partial charge in [0.25, 0.3) is 5.91 Å². The van der Waals surface area contributed by atoms with E-state index in [0.717, 1.165) is 6.07 Å². The molecule has 0 aliphatic heterocycles. The number of nitrogens with one attached hydrogen (secondary N) is 1. The maximum absolute atomic E-state index is 13.0. The SMILES string of the molecule is Cc1noc(CCNC(=O)c2cc(F)ccc2N)n1. The van der Waals surface area contributed by atoms with Crippen molar-refractivity contribution >= 4 is 11.6 Å². The average Bonchev–Trinajstić information content (AvgIpc) is 2.78. The van der Waals surface area contributed by atoms with E-state index < -0.39 is 11.7 Å². The van der Waals surface area contributed by atoms with Crippen LogP contribution in [0.5, 0.6) is 0 Å². The van der Waals surface area contributed by atoms with Crippen LogP contribution in [0.4, 0.5) is 10.1 Å². The summed E-state index contributed by atoms with van der Waals surface area (Å²) >= 11 is 0. The number of aromatic nitrogens is 2. The molecule has 100 valence electrons. The van der Waals surface area contributed by atoms with Gasteiger partial charge in [0.2, 0.25) is 5.89 Å². The Labute approximate surface area is 108 Å². The zero-order chi connectivity index (χ0) is 13.8. The smallest absolute Gasteiger partial charge is 0.253 e. The number of nitrogen functional groups attached to an aromatic ring is 1. The van der Waals surface area contributed by atoms with Crippen LogP contribution in [0.1, 0.15) is 22.1 Å². The van der Waals surface area contributed by atoms with Gasteiger partial charge in [-0.05, 0) is 25.1 Å². The normalized spacial score (nSPS) is 10.4. The first kappa shape index (κ1) is 13.0. The van der Waals surface area contributed by atoms with Gasteiger partial charge in [0, 0.05) is 18.7 Å². The van der Waals surface area contributed by atoms with E-state index in [1.165, 1.54) is 12.1 Å². The van der Waals surface area contributed by atoms with Crippen molar-refractivity contribution in [1.29, 1.82) is 0 Å². The molecule has 0 atom stereocenters. The number of amides is 1. The Balaban J connectivity index is 1.92. The predicted molar refractivity (Wildman–Crippen MR) is 65.9 cm³/mol. The van der Waals surface area contributed by atoms with Crippen molar-refractivity contribution in [2.45, 2.75) is 13.3 Å². The lowest BCUT2D eigenvalue weighted by atomic mass is 10.1. The van der Waals surface area contributed by atoms with Crippen LogP contribution >= 0.6 is 0 Å². The highest BCUT2D eigenvalue weighted by Gasteiger charge is 2.11. The van der Waals surface area contributed by atoms with Crippen molar-refractivity contribution in [3.8, 4) is 0 Å². The number of aryl methyl sites for hydroxylation is 1. The number of hydrogen-bond acceptors (Lipinski definition) is 5. The molecule has 0 unspecified atom stereocenters. The lowest BCUT2D eigenvalue weighted by molar-refractivity contribution is 0.0954. The minimum absolute atomic E-state index is 0.113. The van der Waals surface area contributed by atoms with Crippen LogP contribution in [-0.2, 0) is 6.42 Å². The standard InChI is InChI=1S/C12H13FN4O2/c1-7-16-11(19-17-7)4-5-15-12(18)9-6-8(13)2-3-10(9)14/h2-3,6H,4-5,14H2,1H3,(H,15,18). The Morgan fingerprint density at radius 2 is 2.32 bits per heavy atom. The van der Waals surface area contributed by atoms with E-state index in [2.05, 4.69) is 15.5 Å². The molecule has 1 aromatic heterocycles. The molecule has 1 amide bonds. The van der Waals surface area contributed by atoms with E-state index in [4.69, 9.17) is 10.3 Å². The first-order valence-corrected chi connectivity index (χ1v) is 5.68. The molecule has 0 aliphatic rings. The molecule has 0 bridgehead atoms. The minimum Gasteiger partial charge on any atom is -0.398 e. The zero-order valence-electron chi connectivity index (χ0n) is 10.3. The van der Waals surface area contributed by atoms with Gasteiger partial charge in [-0.2, -0.15) is 4.98 Å². The molecular weight excluding hydrogens is 251 g/mol. The molecule has 3 N–H and O–H groups in total. The predicted octanol–water partition coefficient (Wildman–Crippen LogP) is 1.07. The Morgan fingerprint density at radius 1 is 1.53 bits per heavy atom. The summed E-state index contributed by atoms with van der Waals surface area (Å²) in [6.45, 7) is 2.01. The number of halogens is 1. The van der Waals surface area contributed by atoms with Crippen LogP contribution in [0.25, 0.3) is 0 Å². The third-order valence-electron chi connectivity index (χ3n) is 2.45. The molecule has 0 spiro atoms. The molecule has 19 heavy (non-hydrogen) atoms.